The predicted molar refractivity (Wildman–Crippen MR) is 112 cm³/mol. The number of halogens is 4. The largest absolute Gasteiger partial charge is 0.457 e. The van der Waals surface area contributed by atoms with E-state index in [1.807, 2.05) is 0 Å². The van der Waals surface area contributed by atoms with Crippen LogP contribution >= 0.6 is 0 Å². The van der Waals surface area contributed by atoms with Crippen LogP contribution in [0.2, 0.25) is 0 Å². The minimum atomic E-state index is -4.62. The normalized spacial score (nSPS) is 11.2. The van der Waals surface area contributed by atoms with Gasteiger partial charge in [-0.15, -0.1) is 0 Å². The van der Waals surface area contributed by atoms with Gasteiger partial charge in [0.25, 0.3) is 0 Å². The fourth-order valence-electron chi connectivity index (χ4n) is 2.79. The van der Waals surface area contributed by atoms with Gasteiger partial charge in [-0.1, -0.05) is 0 Å². The molecule has 0 unspecified atom stereocenters. The number of alkyl halides is 3. The van der Waals surface area contributed by atoms with Crippen LogP contribution in [0.25, 0.3) is 5.82 Å². The highest BCUT2D eigenvalue weighted by molar-refractivity contribution is 5.99. The molecule has 34 heavy (non-hydrogen) atoms. The van der Waals surface area contributed by atoms with E-state index < -0.39 is 23.6 Å². The number of nitrogens with zero attached hydrogens (tertiary/aromatic N) is 5. The molecule has 0 bridgehead atoms. The van der Waals surface area contributed by atoms with Gasteiger partial charge in [-0.25, -0.2) is 23.8 Å². The summed E-state index contributed by atoms with van der Waals surface area (Å²) in [6.45, 7) is 1.73. The minimum absolute atomic E-state index is 0.137. The Labute approximate surface area is 189 Å². The SMILES string of the molecule is Cc1ncn(-c2cc(Oc3ccc(NC(=O)Nc4cncc(C(F)(F)F)c4)c(F)c3)ccn2)n1. The number of benzene rings is 1. The number of anilines is 2. The maximum atomic E-state index is 14.5. The zero-order valence-corrected chi connectivity index (χ0v) is 17.3. The Morgan fingerprint density at radius 1 is 1.03 bits per heavy atom. The van der Waals surface area contributed by atoms with Crippen LogP contribution in [0, 0.1) is 12.7 Å². The molecule has 0 saturated heterocycles. The highest BCUT2D eigenvalue weighted by atomic mass is 19.4. The number of ether oxygens (including phenoxy) is 1. The minimum Gasteiger partial charge on any atom is -0.457 e. The fraction of sp³-hybridized carbons (Fsp3) is 0.0952. The Hall–Kier alpha value is -4.55. The Kier molecular flexibility index (Phi) is 6.08. The second kappa shape index (κ2) is 9.13. The van der Waals surface area contributed by atoms with E-state index in [1.165, 1.54) is 29.3 Å². The Morgan fingerprint density at radius 2 is 1.82 bits per heavy atom. The van der Waals surface area contributed by atoms with E-state index in [1.54, 1.807) is 19.1 Å². The van der Waals surface area contributed by atoms with E-state index in [2.05, 4.69) is 30.7 Å². The summed E-state index contributed by atoms with van der Waals surface area (Å²) in [5, 5.41) is 8.55. The summed E-state index contributed by atoms with van der Waals surface area (Å²) >= 11 is 0. The molecule has 0 spiro atoms. The molecule has 3 aromatic heterocycles. The van der Waals surface area contributed by atoms with Crippen LogP contribution in [-0.4, -0.2) is 30.8 Å². The lowest BCUT2D eigenvalue weighted by Gasteiger charge is -2.12. The van der Waals surface area contributed by atoms with Crippen LogP contribution in [0.4, 0.5) is 33.7 Å². The van der Waals surface area contributed by atoms with Gasteiger partial charge in [0, 0.05) is 24.5 Å². The highest BCUT2D eigenvalue weighted by Crippen LogP contribution is 2.30. The first-order valence-corrected chi connectivity index (χ1v) is 9.60. The third-order valence-corrected chi connectivity index (χ3v) is 4.31. The molecule has 9 nitrogen and oxygen atoms in total. The van der Waals surface area contributed by atoms with Crippen molar-refractivity contribution in [3.05, 3.63) is 78.5 Å². The van der Waals surface area contributed by atoms with Crippen LogP contribution in [0.5, 0.6) is 11.5 Å². The van der Waals surface area contributed by atoms with Gasteiger partial charge in [-0.2, -0.15) is 18.3 Å². The van der Waals surface area contributed by atoms with Gasteiger partial charge >= 0.3 is 12.2 Å². The molecule has 0 aliphatic heterocycles. The summed E-state index contributed by atoms with van der Waals surface area (Å²) in [6.07, 6.45) is 0.0157. The lowest BCUT2D eigenvalue weighted by atomic mass is 10.2. The van der Waals surface area contributed by atoms with Crippen molar-refractivity contribution >= 4 is 17.4 Å². The number of amides is 2. The van der Waals surface area contributed by atoms with Crippen molar-refractivity contribution < 1.29 is 27.1 Å². The quantitative estimate of drug-likeness (QED) is 0.397. The highest BCUT2D eigenvalue weighted by Gasteiger charge is 2.31. The van der Waals surface area contributed by atoms with E-state index in [-0.39, 0.29) is 17.1 Å². The van der Waals surface area contributed by atoms with Crippen molar-refractivity contribution in [1.82, 2.24) is 24.7 Å². The molecule has 0 aliphatic carbocycles. The van der Waals surface area contributed by atoms with E-state index in [0.29, 0.717) is 29.7 Å². The van der Waals surface area contributed by atoms with Gasteiger partial charge in [0.1, 0.15) is 29.5 Å². The number of pyridine rings is 2. The summed E-state index contributed by atoms with van der Waals surface area (Å²) in [4.78, 5) is 23.7. The number of aryl methyl sites for hydroxylation is 1. The number of nitrogens with one attached hydrogen (secondary N) is 2. The maximum Gasteiger partial charge on any atom is 0.417 e. The average Bonchev–Trinajstić information content (AvgIpc) is 3.22. The standard InChI is InChI=1S/C21H15F4N7O2/c1-12-28-11-32(31-12)19-8-16(4-5-27-19)34-15-2-3-18(17(22)7-15)30-20(33)29-14-6-13(9-26-10-14)21(23,24)25/h2-11H,1H3,(H2,29,30,33). The van der Waals surface area contributed by atoms with Crippen LogP contribution in [0.3, 0.4) is 0 Å². The van der Waals surface area contributed by atoms with E-state index in [9.17, 15) is 22.4 Å². The molecular weight excluding hydrogens is 458 g/mol. The molecule has 1 aromatic carbocycles. The summed E-state index contributed by atoms with van der Waals surface area (Å²) in [5.41, 5.74) is -1.45. The number of carbonyl (C=O) groups is 1. The summed E-state index contributed by atoms with van der Waals surface area (Å²) in [7, 11) is 0. The molecule has 4 rings (SSSR count). The first kappa shape index (κ1) is 22.6. The molecule has 2 amide bonds. The van der Waals surface area contributed by atoms with Crippen LogP contribution in [-0.2, 0) is 6.18 Å². The molecule has 13 heteroatoms. The molecule has 0 atom stereocenters. The zero-order chi connectivity index (χ0) is 24.3. The molecule has 0 fully saturated rings. The van der Waals surface area contributed by atoms with Crippen LogP contribution < -0.4 is 15.4 Å². The Balaban J connectivity index is 1.42. The number of rotatable bonds is 5. The number of hydrogen-bond acceptors (Lipinski definition) is 6. The van der Waals surface area contributed by atoms with Crippen molar-refractivity contribution in [3.63, 3.8) is 0 Å². The van der Waals surface area contributed by atoms with Crippen molar-refractivity contribution in [3.8, 4) is 17.3 Å². The summed E-state index contributed by atoms with van der Waals surface area (Å²) in [6, 6.07) is 6.60. The average molecular weight is 473 g/mol. The van der Waals surface area contributed by atoms with Crippen molar-refractivity contribution in [1.29, 1.82) is 0 Å². The van der Waals surface area contributed by atoms with Crippen molar-refractivity contribution in [2.24, 2.45) is 0 Å². The Bertz CT molecular complexity index is 1340. The third-order valence-electron chi connectivity index (χ3n) is 4.31. The van der Waals surface area contributed by atoms with E-state index >= 15 is 0 Å². The topological polar surface area (TPSA) is 107 Å². The van der Waals surface area contributed by atoms with Crippen LogP contribution in [0.1, 0.15) is 11.4 Å². The van der Waals surface area contributed by atoms with Gasteiger partial charge < -0.3 is 15.4 Å². The molecule has 2 N–H and O–H groups in total. The van der Waals surface area contributed by atoms with E-state index in [4.69, 9.17) is 4.74 Å². The molecule has 0 aliphatic rings. The third kappa shape index (κ3) is 5.43. The first-order valence-electron chi connectivity index (χ1n) is 9.60. The Morgan fingerprint density at radius 3 is 2.53 bits per heavy atom. The second-order valence-corrected chi connectivity index (χ2v) is 6.87. The number of urea groups is 1. The van der Waals surface area contributed by atoms with Crippen LogP contribution in [0.15, 0.2) is 61.3 Å². The smallest absolute Gasteiger partial charge is 0.417 e. The molecular formula is C21H15F4N7O2. The monoisotopic (exact) mass is 473 g/mol. The molecule has 3 heterocycles. The number of carbonyl (C=O) groups excluding carboxylic acids is 1. The second-order valence-electron chi connectivity index (χ2n) is 6.87. The lowest BCUT2D eigenvalue weighted by molar-refractivity contribution is -0.137. The lowest BCUT2D eigenvalue weighted by Crippen LogP contribution is -2.20. The first-order chi connectivity index (χ1) is 16.2. The van der Waals surface area contributed by atoms with E-state index in [0.717, 1.165) is 12.3 Å². The summed E-state index contributed by atoms with van der Waals surface area (Å²) < 4.78 is 59.9. The van der Waals surface area contributed by atoms with Gasteiger partial charge in [0.05, 0.1) is 23.1 Å². The molecule has 4 aromatic rings. The molecule has 0 radical (unpaired) electrons. The number of aromatic nitrogens is 5. The van der Waals surface area contributed by atoms with Crippen molar-refractivity contribution in [2.45, 2.75) is 13.1 Å². The van der Waals surface area contributed by atoms with Gasteiger partial charge in [-0.05, 0) is 31.2 Å². The maximum absolute atomic E-state index is 14.5. The summed E-state index contributed by atoms with van der Waals surface area (Å²) in [5.74, 6) is 0.672. The predicted octanol–water partition coefficient (Wildman–Crippen LogP) is 4.96. The molecule has 0 saturated carbocycles. The van der Waals surface area contributed by atoms with Crippen molar-refractivity contribution in [2.75, 3.05) is 10.6 Å². The molecule has 174 valence electrons. The number of hydrogen-bond donors (Lipinski definition) is 2. The zero-order valence-electron chi connectivity index (χ0n) is 17.3. The van der Waals surface area contributed by atoms with Gasteiger partial charge in [0.2, 0.25) is 0 Å². The van der Waals surface area contributed by atoms with Gasteiger partial charge in [0.15, 0.2) is 5.82 Å². The van der Waals surface area contributed by atoms with Gasteiger partial charge in [-0.3, -0.25) is 4.98 Å². The fourth-order valence-corrected chi connectivity index (χ4v) is 2.79.